The van der Waals surface area contributed by atoms with E-state index in [2.05, 4.69) is 10.4 Å². The maximum Gasteiger partial charge on any atom is 0.280 e. The van der Waals surface area contributed by atoms with E-state index < -0.39 is 18.4 Å². The minimum absolute atomic E-state index is 0.0599. The SMILES string of the molecule is CC(C)Cn1ncc(C(=O)NCC(C)CC(C)O)c1C(F)F. The summed E-state index contributed by atoms with van der Waals surface area (Å²) in [5.41, 5.74) is -0.422. The largest absolute Gasteiger partial charge is 0.393 e. The molecule has 0 aromatic carbocycles. The normalized spacial score (nSPS) is 14.4. The van der Waals surface area contributed by atoms with Crippen LogP contribution < -0.4 is 5.32 Å². The van der Waals surface area contributed by atoms with Gasteiger partial charge in [0.1, 0.15) is 5.69 Å². The Bertz CT molecular complexity index is 487. The van der Waals surface area contributed by atoms with Crippen molar-refractivity contribution < 1.29 is 18.7 Å². The number of rotatable bonds is 8. The Morgan fingerprint density at radius 3 is 2.50 bits per heavy atom. The minimum Gasteiger partial charge on any atom is -0.393 e. The highest BCUT2D eigenvalue weighted by molar-refractivity contribution is 5.95. The van der Waals surface area contributed by atoms with Crippen molar-refractivity contribution in [2.24, 2.45) is 11.8 Å². The number of aromatic nitrogens is 2. The third kappa shape index (κ3) is 5.36. The first-order chi connectivity index (χ1) is 10.2. The molecule has 1 rings (SSSR count). The Kier molecular flexibility index (Phi) is 6.93. The van der Waals surface area contributed by atoms with Crippen molar-refractivity contribution in [2.45, 2.75) is 53.2 Å². The summed E-state index contributed by atoms with van der Waals surface area (Å²) in [7, 11) is 0. The zero-order valence-corrected chi connectivity index (χ0v) is 13.5. The van der Waals surface area contributed by atoms with E-state index in [-0.39, 0.29) is 23.1 Å². The maximum absolute atomic E-state index is 13.2. The number of alkyl halides is 2. The standard InChI is InChI=1S/C15H25F2N3O2/c1-9(2)8-20-13(14(16)17)12(7-19-20)15(22)18-6-10(3)5-11(4)21/h7,9-11,14,21H,5-6,8H2,1-4H3,(H,18,22). The predicted octanol–water partition coefficient (Wildman–Crippen LogP) is 2.61. The number of amides is 1. The van der Waals surface area contributed by atoms with Crippen LogP contribution in [0.4, 0.5) is 8.78 Å². The molecule has 0 fully saturated rings. The molecule has 1 heterocycles. The number of hydrogen-bond acceptors (Lipinski definition) is 3. The summed E-state index contributed by atoms with van der Waals surface area (Å²) < 4.78 is 27.7. The second-order valence-electron chi connectivity index (χ2n) is 6.22. The van der Waals surface area contributed by atoms with Gasteiger partial charge < -0.3 is 10.4 Å². The van der Waals surface area contributed by atoms with Crippen molar-refractivity contribution in [1.29, 1.82) is 0 Å². The van der Waals surface area contributed by atoms with Gasteiger partial charge in [-0.2, -0.15) is 5.10 Å². The van der Waals surface area contributed by atoms with Gasteiger partial charge >= 0.3 is 0 Å². The molecule has 2 atom stereocenters. The predicted molar refractivity (Wildman–Crippen MR) is 79.8 cm³/mol. The lowest BCUT2D eigenvalue weighted by atomic mass is 10.0. The van der Waals surface area contributed by atoms with Crippen LogP contribution in [0.3, 0.4) is 0 Å². The van der Waals surface area contributed by atoms with Crippen molar-refractivity contribution in [1.82, 2.24) is 15.1 Å². The molecular formula is C15H25F2N3O2. The molecule has 2 N–H and O–H groups in total. The second-order valence-corrected chi connectivity index (χ2v) is 6.22. The Balaban J connectivity index is 2.78. The van der Waals surface area contributed by atoms with E-state index in [1.807, 2.05) is 20.8 Å². The third-order valence-corrected chi connectivity index (χ3v) is 3.22. The first-order valence-corrected chi connectivity index (χ1v) is 7.52. The van der Waals surface area contributed by atoms with Crippen molar-refractivity contribution in [3.05, 3.63) is 17.5 Å². The molecule has 0 aliphatic carbocycles. The van der Waals surface area contributed by atoms with Gasteiger partial charge in [-0.15, -0.1) is 0 Å². The van der Waals surface area contributed by atoms with Gasteiger partial charge in [0.2, 0.25) is 0 Å². The summed E-state index contributed by atoms with van der Waals surface area (Å²) in [5, 5.41) is 15.8. The monoisotopic (exact) mass is 317 g/mol. The number of nitrogens with zero attached hydrogens (tertiary/aromatic N) is 2. The molecular weight excluding hydrogens is 292 g/mol. The van der Waals surface area contributed by atoms with E-state index in [9.17, 15) is 18.7 Å². The van der Waals surface area contributed by atoms with Crippen LogP contribution in [-0.4, -0.2) is 33.4 Å². The summed E-state index contributed by atoms with van der Waals surface area (Å²) >= 11 is 0. The summed E-state index contributed by atoms with van der Waals surface area (Å²) in [6.45, 7) is 8.00. The van der Waals surface area contributed by atoms with Crippen LogP contribution in [0.25, 0.3) is 0 Å². The minimum atomic E-state index is -2.75. The summed E-state index contributed by atoms with van der Waals surface area (Å²) in [6, 6.07) is 0. The van der Waals surface area contributed by atoms with Crippen molar-refractivity contribution in [3.63, 3.8) is 0 Å². The van der Waals surface area contributed by atoms with Gasteiger partial charge in [-0.3, -0.25) is 9.48 Å². The fourth-order valence-electron chi connectivity index (χ4n) is 2.32. The molecule has 0 saturated carbocycles. The van der Waals surface area contributed by atoms with Crippen LogP contribution in [0.15, 0.2) is 6.20 Å². The number of halogens is 2. The first-order valence-electron chi connectivity index (χ1n) is 7.52. The Morgan fingerprint density at radius 1 is 1.36 bits per heavy atom. The average molecular weight is 317 g/mol. The number of hydrogen-bond donors (Lipinski definition) is 2. The van der Waals surface area contributed by atoms with Crippen LogP contribution in [0.1, 0.15) is 56.6 Å². The number of carbonyl (C=O) groups is 1. The van der Waals surface area contributed by atoms with Gasteiger partial charge in [0.25, 0.3) is 12.3 Å². The maximum atomic E-state index is 13.2. The van der Waals surface area contributed by atoms with Crippen LogP contribution >= 0.6 is 0 Å². The Morgan fingerprint density at radius 2 is 2.00 bits per heavy atom. The van der Waals surface area contributed by atoms with E-state index in [1.54, 1.807) is 6.92 Å². The van der Waals surface area contributed by atoms with E-state index in [0.717, 1.165) is 0 Å². The highest BCUT2D eigenvalue weighted by Crippen LogP contribution is 2.23. The molecule has 5 nitrogen and oxygen atoms in total. The lowest BCUT2D eigenvalue weighted by Gasteiger charge is -2.14. The van der Waals surface area contributed by atoms with E-state index in [4.69, 9.17) is 0 Å². The highest BCUT2D eigenvalue weighted by Gasteiger charge is 2.25. The lowest BCUT2D eigenvalue weighted by Crippen LogP contribution is -2.30. The molecule has 126 valence electrons. The van der Waals surface area contributed by atoms with Gasteiger partial charge in [-0.25, -0.2) is 8.78 Å². The van der Waals surface area contributed by atoms with Gasteiger partial charge in [0.15, 0.2) is 0 Å². The molecule has 22 heavy (non-hydrogen) atoms. The molecule has 1 aromatic rings. The molecule has 0 aliphatic rings. The van der Waals surface area contributed by atoms with E-state index in [1.165, 1.54) is 10.9 Å². The molecule has 7 heteroatoms. The topological polar surface area (TPSA) is 67.2 Å². The number of carbonyl (C=O) groups excluding carboxylic acids is 1. The third-order valence-electron chi connectivity index (χ3n) is 3.22. The Labute approximate surface area is 129 Å². The summed E-state index contributed by atoms with van der Waals surface area (Å²) in [4.78, 5) is 12.1. The molecule has 0 spiro atoms. The average Bonchev–Trinajstić information content (AvgIpc) is 2.78. The van der Waals surface area contributed by atoms with Crippen molar-refractivity contribution >= 4 is 5.91 Å². The summed E-state index contributed by atoms with van der Waals surface area (Å²) in [6.07, 6.45) is -1.48. The zero-order valence-electron chi connectivity index (χ0n) is 13.5. The quantitative estimate of drug-likeness (QED) is 0.774. The molecule has 0 radical (unpaired) electrons. The zero-order chi connectivity index (χ0) is 16.9. The lowest BCUT2D eigenvalue weighted by molar-refractivity contribution is 0.0921. The van der Waals surface area contributed by atoms with Gasteiger partial charge in [-0.05, 0) is 25.2 Å². The second kappa shape index (κ2) is 8.22. The van der Waals surface area contributed by atoms with E-state index >= 15 is 0 Å². The van der Waals surface area contributed by atoms with Crippen molar-refractivity contribution in [2.75, 3.05) is 6.54 Å². The molecule has 0 aliphatic heterocycles. The first kappa shape index (κ1) is 18.5. The van der Waals surface area contributed by atoms with Crippen LogP contribution in [-0.2, 0) is 6.54 Å². The molecule has 2 unspecified atom stereocenters. The fraction of sp³-hybridized carbons (Fsp3) is 0.733. The van der Waals surface area contributed by atoms with Crippen molar-refractivity contribution in [3.8, 4) is 0 Å². The van der Waals surface area contributed by atoms with Gasteiger partial charge in [-0.1, -0.05) is 20.8 Å². The highest BCUT2D eigenvalue weighted by atomic mass is 19.3. The Hall–Kier alpha value is -1.50. The summed E-state index contributed by atoms with van der Waals surface area (Å²) in [5.74, 6) is -0.341. The number of aliphatic hydroxyl groups excluding tert-OH is 1. The smallest absolute Gasteiger partial charge is 0.280 e. The number of nitrogens with one attached hydrogen (secondary N) is 1. The molecule has 0 saturated heterocycles. The molecule has 0 bridgehead atoms. The van der Waals surface area contributed by atoms with Crippen LogP contribution in [0.2, 0.25) is 0 Å². The molecule has 1 amide bonds. The fourth-order valence-corrected chi connectivity index (χ4v) is 2.32. The van der Waals surface area contributed by atoms with E-state index in [0.29, 0.717) is 19.5 Å². The van der Waals surface area contributed by atoms with Gasteiger partial charge in [0, 0.05) is 13.1 Å². The van der Waals surface area contributed by atoms with Gasteiger partial charge in [0.05, 0.1) is 17.9 Å². The van der Waals surface area contributed by atoms with Crippen LogP contribution in [0, 0.1) is 11.8 Å². The molecule has 1 aromatic heterocycles. The van der Waals surface area contributed by atoms with Crippen LogP contribution in [0.5, 0.6) is 0 Å². The number of aliphatic hydroxyl groups is 1.